The summed E-state index contributed by atoms with van der Waals surface area (Å²) in [5.74, 6) is 0. The Morgan fingerprint density at radius 3 is 2.78 bits per heavy atom. The third-order valence-electron chi connectivity index (χ3n) is 0.908. The van der Waals surface area contributed by atoms with Crippen LogP contribution in [0.25, 0.3) is 0 Å². The topological polar surface area (TPSA) is 38.0 Å². The lowest BCUT2D eigenvalue weighted by Gasteiger charge is -2.13. The molecule has 3 N–H and O–H groups in total. The molecule has 0 aromatic carbocycles. The molecule has 1 heterocycles. The zero-order valence-electron chi connectivity index (χ0n) is 4.57. The lowest BCUT2D eigenvalue weighted by Crippen LogP contribution is -2.23. The fraction of sp³-hybridized carbons (Fsp3) is 0.200. The summed E-state index contributed by atoms with van der Waals surface area (Å²) in [6.07, 6.45) is 3.70. The molecule has 0 radical (unpaired) electrons. The molecule has 1 aliphatic heterocycles. The lowest BCUT2D eigenvalue weighted by molar-refractivity contribution is 0.900. The molecule has 0 saturated carbocycles. The Morgan fingerprint density at radius 2 is 2.33 bits per heavy atom. The summed E-state index contributed by atoms with van der Waals surface area (Å²) in [4.78, 5) is 0.150. The summed E-state index contributed by atoms with van der Waals surface area (Å²) in [5.41, 5.74) is 6.27. The highest BCUT2D eigenvalue weighted by atomic mass is 79.9. The first-order chi connectivity index (χ1) is 4.18. The van der Waals surface area contributed by atoms with E-state index < -0.39 is 0 Å². The number of nitrogens with two attached hydrogens (primary N) is 1. The van der Waals surface area contributed by atoms with Gasteiger partial charge in [-0.05, 0) is 28.1 Å². The van der Waals surface area contributed by atoms with E-state index in [-0.39, 0.29) is 4.95 Å². The highest BCUT2D eigenvalue weighted by Gasteiger charge is 2.05. The number of hydrogen-bond donors (Lipinski definition) is 2. The van der Waals surface area contributed by atoms with E-state index in [1.54, 1.807) is 0 Å². The van der Waals surface area contributed by atoms with Crippen molar-refractivity contribution >= 4 is 31.9 Å². The van der Waals surface area contributed by atoms with Gasteiger partial charge in [0.1, 0.15) is 4.95 Å². The second-order valence-corrected chi connectivity index (χ2v) is 3.55. The first-order valence-corrected chi connectivity index (χ1v) is 4.14. The molecule has 1 atom stereocenters. The Hall–Kier alpha value is 0.0400. The number of dihydropyridines is 1. The highest BCUT2D eigenvalue weighted by molar-refractivity contribution is 9.12. The maximum atomic E-state index is 5.50. The van der Waals surface area contributed by atoms with Crippen LogP contribution in [0, 0.1) is 0 Å². The summed E-state index contributed by atoms with van der Waals surface area (Å²) >= 11 is 6.60. The van der Waals surface area contributed by atoms with Crippen molar-refractivity contribution < 1.29 is 0 Å². The molecule has 1 unspecified atom stereocenters. The molecule has 0 fully saturated rings. The van der Waals surface area contributed by atoms with Crippen molar-refractivity contribution in [3.8, 4) is 0 Å². The monoisotopic (exact) mass is 252 g/mol. The molecule has 0 bridgehead atoms. The van der Waals surface area contributed by atoms with Crippen LogP contribution in [0.15, 0.2) is 22.5 Å². The van der Waals surface area contributed by atoms with E-state index in [1.807, 2.05) is 12.2 Å². The fourth-order valence-electron chi connectivity index (χ4n) is 0.578. The van der Waals surface area contributed by atoms with Crippen molar-refractivity contribution in [1.82, 2.24) is 5.32 Å². The number of allylic oxidation sites excluding steroid dienone is 1. The van der Waals surface area contributed by atoms with E-state index in [1.165, 1.54) is 0 Å². The quantitative estimate of drug-likeness (QED) is 0.506. The molecule has 50 valence electrons. The van der Waals surface area contributed by atoms with Crippen LogP contribution in [0.1, 0.15) is 0 Å². The van der Waals surface area contributed by atoms with Gasteiger partial charge in [-0.25, -0.2) is 0 Å². The van der Waals surface area contributed by atoms with Crippen molar-refractivity contribution in [2.45, 2.75) is 4.95 Å². The largest absolute Gasteiger partial charge is 0.399 e. The van der Waals surface area contributed by atoms with Crippen LogP contribution in [0.3, 0.4) is 0 Å². The summed E-state index contributed by atoms with van der Waals surface area (Å²) < 4.78 is 0.907. The lowest BCUT2D eigenvalue weighted by atomic mass is 10.3. The SMILES string of the molecule is NC1=CC(Br)NC(Br)=C1. The molecule has 4 heteroatoms. The van der Waals surface area contributed by atoms with Gasteiger partial charge in [0.2, 0.25) is 0 Å². The average molecular weight is 254 g/mol. The Labute approximate surface area is 70.4 Å². The third kappa shape index (κ3) is 2.02. The maximum absolute atomic E-state index is 5.50. The van der Waals surface area contributed by atoms with Crippen molar-refractivity contribution in [2.75, 3.05) is 0 Å². The first-order valence-electron chi connectivity index (χ1n) is 2.43. The van der Waals surface area contributed by atoms with Crippen LogP contribution in [-0.2, 0) is 0 Å². The molecule has 0 amide bonds. The van der Waals surface area contributed by atoms with Gasteiger partial charge in [-0.15, -0.1) is 0 Å². The smallest absolute Gasteiger partial charge is 0.103 e. The van der Waals surface area contributed by atoms with Crippen LogP contribution in [0.5, 0.6) is 0 Å². The second kappa shape index (κ2) is 2.75. The summed E-state index contributed by atoms with van der Waals surface area (Å²) in [5, 5.41) is 3.05. The average Bonchev–Trinajstić information content (AvgIpc) is 1.59. The summed E-state index contributed by atoms with van der Waals surface area (Å²) in [6.45, 7) is 0. The van der Waals surface area contributed by atoms with Gasteiger partial charge in [0.05, 0.1) is 4.61 Å². The Bertz CT molecular complexity index is 174. The van der Waals surface area contributed by atoms with E-state index in [4.69, 9.17) is 5.73 Å². The first kappa shape index (κ1) is 7.15. The van der Waals surface area contributed by atoms with E-state index in [0.29, 0.717) is 0 Å². The van der Waals surface area contributed by atoms with Crippen LogP contribution >= 0.6 is 31.9 Å². The summed E-state index contributed by atoms with van der Waals surface area (Å²) in [6, 6.07) is 0. The zero-order valence-corrected chi connectivity index (χ0v) is 7.74. The summed E-state index contributed by atoms with van der Waals surface area (Å²) in [7, 11) is 0. The zero-order chi connectivity index (χ0) is 6.85. The Balaban J connectivity index is 2.74. The van der Waals surface area contributed by atoms with Crippen molar-refractivity contribution in [2.24, 2.45) is 5.73 Å². The second-order valence-electron chi connectivity index (χ2n) is 1.71. The molecular formula is C5H6Br2N2. The fourth-order valence-corrected chi connectivity index (χ4v) is 1.95. The molecule has 0 aromatic heterocycles. The predicted molar refractivity (Wildman–Crippen MR) is 45.1 cm³/mol. The third-order valence-corrected chi connectivity index (χ3v) is 1.86. The van der Waals surface area contributed by atoms with E-state index in [9.17, 15) is 0 Å². The van der Waals surface area contributed by atoms with Gasteiger partial charge < -0.3 is 11.1 Å². The van der Waals surface area contributed by atoms with E-state index in [0.717, 1.165) is 10.3 Å². The van der Waals surface area contributed by atoms with Gasteiger partial charge in [0.15, 0.2) is 0 Å². The molecular weight excluding hydrogens is 248 g/mol. The minimum atomic E-state index is 0.150. The Morgan fingerprint density at radius 1 is 1.67 bits per heavy atom. The molecule has 0 spiro atoms. The van der Waals surface area contributed by atoms with Gasteiger partial charge in [-0.3, -0.25) is 0 Å². The normalized spacial score (nSPS) is 26.2. The minimum Gasteiger partial charge on any atom is -0.399 e. The van der Waals surface area contributed by atoms with E-state index in [2.05, 4.69) is 37.2 Å². The van der Waals surface area contributed by atoms with Crippen LogP contribution in [0.4, 0.5) is 0 Å². The van der Waals surface area contributed by atoms with Crippen molar-refractivity contribution in [1.29, 1.82) is 0 Å². The van der Waals surface area contributed by atoms with Gasteiger partial charge in [-0.2, -0.15) is 0 Å². The minimum absolute atomic E-state index is 0.150. The Kier molecular flexibility index (Phi) is 2.18. The molecule has 2 nitrogen and oxygen atoms in total. The van der Waals surface area contributed by atoms with Crippen LogP contribution in [-0.4, -0.2) is 4.95 Å². The number of alkyl halides is 1. The molecule has 1 rings (SSSR count). The van der Waals surface area contributed by atoms with Crippen LogP contribution in [0.2, 0.25) is 0 Å². The molecule has 0 aliphatic carbocycles. The van der Waals surface area contributed by atoms with Gasteiger partial charge in [0.25, 0.3) is 0 Å². The number of nitrogens with one attached hydrogen (secondary N) is 1. The molecule has 1 aliphatic rings. The van der Waals surface area contributed by atoms with Gasteiger partial charge in [0, 0.05) is 5.70 Å². The highest BCUT2D eigenvalue weighted by Crippen LogP contribution is 2.13. The van der Waals surface area contributed by atoms with Crippen molar-refractivity contribution in [3.05, 3.63) is 22.5 Å². The number of rotatable bonds is 0. The van der Waals surface area contributed by atoms with Gasteiger partial charge >= 0.3 is 0 Å². The molecule has 0 aromatic rings. The predicted octanol–water partition coefficient (Wildman–Crippen LogP) is 1.39. The van der Waals surface area contributed by atoms with Crippen LogP contribution < -0.4 is 11.1 Å². The van der Waals surface area contributed by atoms with Gasteiger partial charge in [-0.1, -0.05) is 15.9 Å². The molecule has 9 heavy (non-hydrogen) atoms. The standard InChI is InChI=1S/C5H6Br2N2/c6-4-1-3(8)2-5(7)9-4/h1-2,4,9H,8H2. The van der Waals surface area contributed by atoms with Crippen molar-refractivity contribution in [3.63, 3.8) is 0 Å². The molecule has 0 saturated heterocycles. The number of hydrogen-bond acceptors (Lipinski definition) is 2. The maximum Gasteiger partial charge on any atom is 0.103 e. The van der Waals surface area contributed by atoms with E-state index >= 15 is 0 Å². The number of halogens is 2.